The van der Waals surface area contributed by atoms with Crippen LogP contribution in [-0.4, -0.2) is 41.8 Å². The Balaban J connectivity index is 1.94. The number of nitrogens with zero attached hydrogens (tertiary/aromatic N) is 2. The van der Waals surface area contributed by atoms with Gasteiger partial charge in [-0.3, -0.25) is 4.68 Å². The predicted octanol–water partition coefficient (Wildman–Crippen LogP) is 2.91. The first kappa shape index (κ1) is 19.9. The smallest absolute Gasteiger partial charge is 0.399 e. The lowest BCUT2D eigenvalue weighted by Crippen LogP contribution is -2.41. The van der Waals surface area contributed by atoms with Crippen LogP contribution >= 0.6 is 0 Å². The van der Waals surface area contributed by atoms with Crippen LogP contribution in [0.4, 0.5) is 13.2 Å². The van der Waals surface area contributed by atoms with Crippen molar-refractivity contribution in [3.05, 3.63) is 35.9 Å². The van der Waals surface area contributed by atoms with Gasteiger partial charge >= 0.3 is 7.12 Å². The zero-order valence-corrected chi connectivity index (χ0v) is 16.0. The molecular weight excluding hydrogens is 360 g/mol. The summed E-state index contributed by atoms with van der Waals surface area (Å²) >= 11 is 0. The van der Waals surface area contributed by atoms with Crippen LogP contribution < -0.4 is 5.46 Å². The number of ether oxygens (including phenoxy) is 1. The molecule has 0 saturated carbocycles. The fourth-order valence-electron chi connectivity index (χ4n) is 2.80. The molecule has 9 heteroatoms. The molecule has 1 aromatic heterocycles. The van der Waals surface area contributed by atoms with E-state index in [9.17, 15) is 13.2 Å². The molecule has 0 aliphatic carbocycles. The Morgan fingerprint density at radius 2 is 1.67 bits per heavy atom. The first-order valence-electron chi connectivity index (χ1n) is 8.63. The molecule has 1 aliphatic heterocycles. The number of halogens is 3. The van der Waals surface area contributed by atoms with E-state index in [2.05, 4.69) is 5.10 Å². The summed E-state index contributed by atoms with van der Waals surface area (Å²) in [6.45, 7) is 7.89. The van der Waals surface area contributed by atoms with Crippen molar-refractivity contribution in [1.29, 1.82) is 0 Å². The second kappa shape index (κ2) is 6.96. The van der Waals surface area contributed by atoms with E-state index in [1.54, 1.807) is 0 Å². The van der Waals surface area contributed by atoms with Crippen molar-refractivity contribution in [3.63, 3.8) is 0 Å². The number of aromatic nitrogens is 2. The first-order chi connectivity index (χ1) is 12.6. The molecule has 0 atom stereocenters. The second-order valence-corrected chi connectivity index (χ2v) is 7.51. The first-order valence-corrected chi connectivity index (χ1v) is 8.63. The lowest BCUT2D eigenvalue weighted by molar-refractivity contribution is 0.00578. The van der Waals surface area contributed by atoms with Crippen LogP contribution in [0.2, 0.25) is 0 Å². The van der Waals surface area contributed by atoms with Crippen molar-refractivity contribution in [1.82, 2.24) is 9.78 Å². The van der Waals surface area contributed by atoms with Gasteiger partial charge in [0, 0.05) is 24.3 Å². The van der Waals surface area contributed by atoms with E-state index < -0.39 is 35.9 Å². The molecule has 1 fully saturated rings. The maximum absolute atomic E-state index is 14.7. The van der Waals surface area contributed by atoms with E-state index >= 15 is 0 Å². The normalized spacial score (nSPS) is 18.3. The van der Waals surface area contributed by atoms with Crippen LogP contribution in [0.25, 0.3) is 11.1 Å². The summed E-state index contributed by atoms with van der Waals surface area (Å²) < 4.78 is 61.3. The van der Waals surface area contributed by atoms with Crippen molar-refractivity contribution in [2.75, 3.05) is 13.7 Å². The number of hydrogen-bond acceptors (Lipinski definition) is 4. The van der Waals surface area contributed by atoms with Crippen molar-refractivity contribution >= 4 is 12.6 Å². The van der Waals surface area contributed by atoms with Gasteiger partial charge in [0.15, 0.2) is 11.6 Å². The Kier molecular flexibility index (Phi) is 5.13. The lowest BCUT2D eigenvalue weighted by Gasteiger charge is -2.32. The van der Waals surface area contributed by atoms with Gasteiger partial charge in [-0.05, 0) is 27.7 Å². The molecule has 0 amide bonds. The van der Waals surface area contributed by atoms with Gasteiger partial charge in [0.05, 0.1) is 29.9 Å². The molecule has 27 heavy (non-hydrogen) atoms. The standard InChI is InChI=1S/C18H22BF3N2O3/c1-17(2)18(3,4)27-19(26-17)13-7-6-11(14(20)15(13)21)12-10-24(8-9-25-5)23-16(12)22/h6-7,10H,8-9H2,1-5H3. The van der Waals surface area contributed by atoms with Crippen molar-refractivity contribution in [3.8, 4) is 11.1 Å². The molecule has 5 nitrogen and oxygen atoms in total. The summed E-state index contributed by atoms with van der Waals surface area (Å²) in [5.74, 6) is -3.18. The van der Waals surface area contributed by atoms with E-state index in [4.69, 9.17) is 14.0 Å². The highest BCUT2D eigenvalue weighted by Crippen LogP contribution is 2.37. The third kappa shape index (κ3) is 3.51. The van der Waals surface area contributed by atoms with E-state index in [-0.39, 0.29) is 16.6 Å². The molecule has 1 saturated heterocycles. The van der Waals surface area contributed by atoms with Gasteiger partial charge in [0.2, 0.25) is 5.95 Å². The SMILES string of the molecule is COCCn1cc(-c2ccc(B3OC(C)(C)C(C)(C)O3)c(F)c2F)c(F)n1. The molecule has 0 unspecified atom stereocenters. The average molecular weight is 382 g/mol. The van der Waals surface area contributed by atoms with Crippen molar-refractivity contribution in [2.45, 2.75) is 45.4 Å². The molecular formula is C18H22BF3N2O3. The molecule has 1 aliphatic rings. The highest BCUT2D eigenvalue weighted by molar-refractivity contribution is 6.62. The number of rotatable bonds is 5. The van der Waals surface area contributed by atoms with Gasteiger partial charge in [0.1, 0.15) is 0 Å². The van der Waals surface area contributed by atoms with Gasteiger partial charge < -0.3 is 14.0 Å². The summed E-state index contributed by atoms with van der Waals surface area (Å²) in [5.41, 5.74) is -1.78. The van der Waals surface area contributed by atoms with Crippen LogP contribution in [0.5, 0.6) is 0 Å². The summed E-state index contributed by atoms with van der Waals surface area (Å²) in [5, 5.41) is 3.66. The summed E-state index contributed by atoms with van der Waals surface area (Å²) in [6, 6.07) is 2.65. The topological polar surface area (TPSA) is 45.5 Å². The third-order valence-corrected chi connectivity index (χ3v) is 5.15. The Labute approximate surface area is 156 Å². The predicted molar refractivity (Wildman–Crippen MR) is 95.1 cm³/mol. The van der Waals surface area contributed by atoms with E-state index in [0.717, 1.165) is 0 Å². The maximum atomic E-state index is 14.7. The molecule has 0 bridgehead atoms. The minimum atomic E-state index is -1.17. The molecule has 3 rings (SSSR count). The Bertz CT molecular complexity index is 839. The molecule has 2 heterocycles. The van der Waals surface area contributed by atoms with Gasteiger partial charge in [-0.15, -0.1) is 5.10 Å². The summed E-state index contributed by atoms with van der Waals surface area (Å²) in [4.78, 5) is 0. The zero-order valence-electron chi connectivity index (χ0n) is 16.0. The second-order valence-electron chi connectivity index (χ2n) is 7.51. The highest BCUT2D eigenvalue weighted by atomic mass is 19.2. The fraction of sp³-hybridized carbons (Fsp3) is 0.500. The molecule has 146 valence electrons. The molecule has 1 aromatic carbocycles. The van der Waals surface area contributed by atoms with Crippen molar-refractivity contribution in [2.24, 2.45) is 0 Å². The largest absolute Gasteiger partial charge is 0.497 e. The summed E-state index contributed by atoms with van der Waals surface area (Å²) in [6.07, 6.45) is 1.32. The Morgan fingerprint density at radius 3 is 2.26 bits per heavy atom. The van der Waals surface area contributed by atoms with E-state index in [0.29, 0.717) is 13.2 Å². The number of benzene rings is 1. The van der Waals surface area contributed by atoms with Crippen LogP contribution in [-0.2, 0) is 20.6 Å². The fourth-order valence-corrected chi connectivity index (χ4v) is 2.80. The number of hydrogen-bond donors (Lipinski definition) is 0. The van der Waals surface area contributed by atoms with Crippen LogP contribution in [0.1, 0.15) is 27.7 Å². The van der Waals surface area contributed by atoms with Crippen molar-refractivity contribution < 1.29 is 27.2 Å². The Morgan fingerprint density at radius 1 is 1.04 bits per heavy atom. The van der Waals surface area contributed by atoms with Gasteiger partial charge in [0.25, 0.3) is 0 Å². The average Bonchev–Trinajstić information content (AvgIpc) is 3.04. The molecule has 0 radical (unpaired) electrons. The third-order valence-electron chi connectivity index (χ3n) is 5.15. The monoisotopic (exact) mass is 382 g/mol. The summed E-state index contributed by atoms with van der Waals surface area (Å²) in [7, 11) is 0.456. The van der Waals surface area contributed by atoms with Crippen LogP contribution in [0, 0.1) is 17.6 Å². The minimum Gasteiger partial charge on any atom is -0.399 e. The molecule has 0 N–H and O–H groups in total. The minimum absolute atomic E-state index is 0.0675. The molecule has 0 spiro atoms. The zero-order chi connectivity index (χ0) is 20.0. The quantitative estimate of drug-likeness (QED) is 0.747. The maximum Gasteiger partial charge on any atom is 0.497 e. The lowest BCUT2D eigenvalue weighted by atomic mass is 9.78. The van der Waals surface area contributed by atoms with Gasteiger partial charge in [-0.25, -0.2) is 8.78 Å². The van der Waals surface area contributed by atoms with Gasteiger partial charge in [-0.2, -0.15) is 4.39 Å². The number of methoxy groups -OCH3 is 1. The molecule has 2 aromatic rings. The highest BCUT2D eigenvalue weighted by Gasteiger charge is 2.52. The van der Waals surface area contributed by atoms with Crippen LogP contribution in [0.15, 0.2) is 18.3 Å². The van der Waals surface area contributed by atoms with Gasteiger partial charge in [-0.1, -0.05) is 12.1 Å². The van der Waals surface area contributed by atoms with Crippen LogP contribution in [0.3, 0.4) is 0 Å². The Hall–Kier alpha value is -1.84. The van der Waals surface area contributed by atoms with E-state index in [1.165, 1.54) is 30.1 Å². The van der Waals surface area contributed by atoms with E-state index in [1.807, 2.05) is 27.7 Å².